The molecule has 0 amide bonds. The summed E-state index contributed by atoms with van der Waals surface area (Å²) in [4.78, 5) is 3.96. The van der Waals surface area contributed by atoms with E-state index >= 15 is 0 Å². The van der Waals surface area contributed by atoms with Crippen molar-refractivity contribution in [2.45, 2.75) is 0 Å². The van der Waals surface area contributed by atoms with E-state index in [9.17, 15) is 8.78 Å². The van der Waals surface area contributed by atoms with Crippen LogP contribution in [0.3, 0.4) is 0 Å². The smallest absolute Gasteiger partial charge is 0.162 e. The van der Waals surface area contributed by atoms with Gasteiger partial charge in [0.2, 0.25) is 0 Å². The van der Waals surface area contributed by atoms with E-state index in [1.54, 1.807) is 31.4 Å². The molecular formula is C17H14F2N2O2. The van der Waals surface area contributed by atoms with Crippen molar-refractivity contribution in [2.75, 3.05) is 19.5 Å². The maximum absolute atomic E-state index is 13.8. The minimum atomic E-state index is -0.698. The number of nitrogens with one attached hydrogen (secondary N) is 1. The normalized spacial score (nSPS) is 10.6. The highest BCUT2D eigenvalue weighted by Gasteiger charge is 2.10. The fourth-order valence-corrected chi connectivity index (χ4v) is 2.36. The van der Waals surface area contributed by atoms with Gasteiger partial charge in [0.1, 0.15) is 11.3 Å². The van der Waals surface area contributed by atoms with Gasteiger partial charge in [0.25, 0.3) is 0 Å². The Balaban J connectivity index is 2.05. The van der Waals surface area contributed by atoms with Gasteiger partial charge in [-0.2, -0.15) is 0 Å². The summed E-state index contributed by atoms with van der Waals surface area (Å²) in [5.41, 5.74) is 1.34. The SMILES string of the molecule is COc1ccc(Nc2ccnc3c(F)cc(F)cc23)cc1OC. The lowest BCUT2D eigenvalue weighted by Crippen LogP contribution is -1.96. The standard InChI is InChI=1S/C17H14F2N2O2/c1-22-15-4-3-11(9-16(15)23-2)21-14-5-6-20-17-12(14)7-10(18)8-13(17)19/h3-9H,1-2H3,(H,20,21). The second-order valence-corrected chi connectivity index (χ2v) is 4.84. The maximum Gasteiger partial charge on any atom is 0.162 e. The number of fused-ring (bicyclic) bond motifs is 1. The van der Waals surface area contributed by atoms with Gasteiger partial charge in [-0.3, -0.25) is 4.98 Å². The highest BCUT2D eigenvalue weighted by Crippen LogP contribution is 2.33. The molecule has 6 heteroatoms. The van der Waals surface area contributed by atoms with E-state index in [-0.39, 0.29) is 5.52 Å². The second kappa shape index (κ2) is 6.08. The molecule has 2 aromatic carbocycles. The number of methoxy groups -OCH3 is 2. The van der Waals surface area contributed by atoms with Crippen molar-refractivity contribution in [2.24, 2.45) is 0 Å². The van der Waals surface area contributed by atoms with Crippen LogP contribution >= 0.6 is 0 Å². The van der Waals surface area contributed by atoms with Crippen molar-refractivity contribution in [1.82, 2.24) is 4.98 Å². The number of aromatic nitrogens is 1. The number of rotatable bonds is 4. The van der Waals surface area contributed by atoms with Gasteiger partial charge in [0.15, 0.2) is 17.3 Å². The summed E-state index contributed by atoms with van der Waals surface area (Å²) in [6.07, 6.45) is 1.46. The zero-order chi connectivity index (χ0) is 16.4. The first-order valence-electron chi connectivity index (χ1n) is 6.85. The third kappa shape index (κ3) is 2.88. The maximum atomic E-state index is 13.8. The average Bonchev–Trinajstić information content (AvgIpc) is 2.55. The summed E-state index contributed by atoms with van der Waals surface area (Å²) in [7, 11) is 3.08. The third-order valence-electron chi connectivity index (χ3n) is 3.43. The van der Waals surface area contributed by atoms with E-state index in [2.05, 4.69) is 10.3 Å². The Labute approximate surface area is 131 Å². The van der Waals surface area contributed by atoms with E-state index in [4.69, 9.17) is 9.47 Å². The number of ether oxygens (including phenoxy) is 2. The molecule has 0 atom stereocenters. The molecule has 0 radical (unpaired) electrons. The molecule has 1 heterocycles. The lowest BCUT2D eigenvalue weighted by Gasteiger charge is -2.13. The summed E-state index contributed by atoms with van der Waals surface area (Å²) >= 11 is 0. The van der Waals surface area contributed by atoms with Gasteiger partial charge >= 0.3 is 0 Å². The minimum Gasteiger partial charge on any atom is -0.493 e. The molecule has 1 N–H and O–H groups in total. The first-order chi connectivity index (χ1) is 11.1. The Morgan fingerprint density at radius 1 is 0.957 bits per heavy atom. The number of nitrogens with zero attached hydrogens (tertiary/aromatic N) is 1. The van der Waals surface area contributed by atoms with Crippen molar-refractivity contribution in [3.05, 3.63) is 54.2 Å². The van der Waals surface area contributed by atoms with Crippen molar-refractivity contribution < 1.29 is 18.3 Å². The van der Waals surface area contributed by atoms with E-state index < -0.39 is 11.6 Å². The van der Waals surface area contributed by atoms with Crippen molar-refractivity contribution in [3.8, 4) is 11.5 Å². The monoisotopic (exact) mass is 316 g/mol. The van der Waals surface area contributed by atoms with Gasteiger partial charge < -0.3 is 14.8 Å². The largest absolute Gasteiger partial charge is 0.493 e. The van der Waals surface area contributed by atoms with E-state index in [0.717, 1.165) is 6.07 Å². The van der Waals surface area contributed by atoms with Crippen LogP contribution in [0.1, 0.15) is 0 Å². The van der Waals surface area contributed by atoms with E-state index in [1.807, 2.05) is 0 Å². The van der Waals surface area contributed by atoms with Crippen molar-refractivity contribution >= 4 is 22.3 Å². The number of anilines is 2. The van der Waals surface area contributed by atoms with Gasteiger partial charge in [-0.1, -0.05) is 0 Å². The zero-order valence-electron chi connectivity index (χ0n) is 12.6. The van der Waals surface area contributed by atoms with Gasteiger partial charge in [-0.05, 0) is 24.3 Å². The molecule has 118 valence electrons. The van der Waals surface area contributed by atoms with Crippen LogP contribution in [-0.4, -0.2) is 19.2 Å². The summed E-state index contributed by atoms with van der Waals surface area (Å²) < 4.78 is 37.7. The van der Waals surface area contributed by atoms with E-state index in [0.29, 0.717) is 28.3 Å². The molecule has 3 rings (SSSR count). The van der Waals surface area contributed by atoms with Gasteiger partial charge in [0, 0.05) is 35.1 Å². The zero-order valence-corrected chi connectivity index (χ0v) is 12.6. The number of hydrogen-bond donors (Lipinski definition) is 1. The van der Waals surface area contributed by atoms with Crippen LogP contribution in [0.15, 0.2) is 42.6 Å². The highest BCUT2D eigenvalue weighted by molar-refractivity contribution is 5.93. The quantitative estimate of drug-likeness (QED) is 0.780. The van der Waals surface area contributed by atoms with Crippen LogP contribution < -0.4 is 14.8 Å². The molecular weight excluding hydrogens is 302 g/mol. The lowest BCUT2D eigenvalue weighted by atomic mass is 10.1. The molecule has 4 nitrogen and oxygen atoms in total. The summed E-state index contributed by atoms with van der Waals surface area (Å²) in [5, 5.41) is 3.48. The molecule has 0 aliphatic carbocycles. The summed E-state index contributed by atoms with van der Waals surface area (Å²) in [5.74, 6) is -0.211. The van der Waals surface area contributed by atoms with E-state index in [1.165, 1.54) is 19.4 Å². The second-order valence-electron chi connectivity index (χ2n) is 4.84. The molecule has 3 aromatic rings. The number of halogens is 2. The molecule has 0 fully saturated rings. The van der Waals surface area contributed by atoms with Gasteiger partial charge in [0.05, 0.1) is 14.2 Å². The predicted octanol–water partition coefficient (Wildman–Crippen LogP) is 4.27. The summed E-state index contributed by atoms with van der Waals surface area (Å²) in [6, 6.07) is 8.97. The van der Waals surface area contributed by atoms with Crippen LogP contribution in [0.2, 0.25) is 0 Å². The first kappa shape index (κ1) is 15.0. The molecule has 0 spiro atoms. The predicted molar refractivity (Wildman–Crippen MR) is 84.5 cm³/mol. The number of hydrogen-bond acceptors (Lipinski definition) is 4. The Morgan fingerprint density at radius 2 is 1.74 bits per heavy atom. The minimum absolute atomic E-state index is 0.108. The molecule has 0 saturated carbocycles. The average molecular weight is 316 g/mol. The molecule has 0 unspecified atom stereocenters. The first-order valence-corrected chi connectivity index (χ1v) is 6.85. The Hall–Kier alpha value is -2.89. The van der Waals surface area contributed by atoms with Crippen LogP contribution in [0.4, 0.5) is 20.2 Å². The Morgan fingerprint density at radius 3 is 2.48 bits per heavy atom. The van der Waals surface area contributed by atoms with Crippen molar-refractivity contribution in [1.29, 1.82) is 0 Å². The van der Waals surface area contributed by atoms with Gasteiger partial charge in [-0.15, -0.1) is 0 Å². The molecule has 0 aliphatic heterocycles. The molecule has 0 bridgehead atoms. The Bertz CT molecular complexity index is 869. The molecule has 1 aromatic heterocycles. The van der Waals surface area contributed by atoms with Crippen molar-refractivity contribution in [3.63, 3.8) is 0 Å². The lowest BCUT2D eigenvalue weighted by molar-refractivity contribution is 0.355. The fourth-order valence-electron chi connectivity index (χ4n) is 2.36. The molecule has 0 saturated heterocycles. The fraction of sp³-hybridized carbons (Fsp3) is 0.118. The molecule has 23 heavy (non-hydrogen) atoms. The highest BCUT2D eigenvalue weighted by atomic mass is 19.1. The van der Waals surface area contributed by atoms with Crippen LogP contribution in [-0.2, 0) is 0 Å². The third-order valence-corrected chi connectivity index (χ3v) is 3.43. The Kier molecular flexibility index (Phi) is 3.97. The summed E-state index contributed by atoms with van der Waals surface area (Å²) in [6.45, 7) is 0. The van der Waals surface area contributed by atoms with Crippen LogP contribution in [0.25, 0.3) is 10.9 Å². The van der Waals surface area contributed by atoms with Crippen LogP contribution in [0.5, 0.6) is 11.5 Å². The topological polar surface area (TPSA) is 43.4 Å². The van der Waals surface area contributed by atoms with Gasteiger partial charge in [-0.25, -0.2) is 8.78 Å². The number of pyridine rings is 1. The molecule has 0 aliphatic rings. The number of benzene rings is 2. The van der Waals surface area contributed by atoms with Crippen LogP contribution in [0, 0.1) is 11.6 Å².